The first-order valence-corrected chi connectivity index (χ1v) is 13.1. The zero-order chi connectivity index (χ0) is 26.1. The van der Waals surface area contributed by atoms with Crippen LogP contribution in [-0.2, 0) is 0 Å². The van der Waals surface area contributed by atoms with Crippen molar-refractivity contribution in [2.45, 2.75) is 25.9 Å². The number of amides is 1. The molecule has 0 saturated carbocycles. The number of benzene rings is 3. The van der Waals surface area contributed by atoms with E-state index in [2.05, 4.69) is 34.7 Å². The number of para-hydroxylation sites is 1. The van der Waals surface area contributed by atoms with Crippen LogP contribution in [0.3, 0.4) is 0 Å². The van der Waals surface area contributed by atoms with Crippen LogP contribution in [0.25, 0.3) is 16.6 Å². The molecule has 4 aromatic rings. The first-order valence-electron chi connectivity index (χ1n) is 12.3. The number of hydrogen-bond acceptors (Lipinski definition) is 5. The highest BCUT2D eigenvalue weighted by Gasteiger charge is 2.32. The maximum atomic E-state index is 13.7. The summed E-state index contributed by atoms with van der Waals surface area (Å²) < 4.78 is 7.96. The van der Waals surface area contributed by atoms with Crippen LogP contribution >= 0.6 is 15.9 Å². The number of fused-ring (bicyclic) bond motifs is 1. The molecule has 5 rings (SSSR count). The van der Waals surface area contributed by atoms with Crippen molar-refractivity contribution in [2.24, 2.45) is 0 Å². The van der Waals surface area contributed by atoms with Crippen molar-refractivity contribution in [1.82, 2.24) is 19.4 Å². The third kappa shape index (κ3) is 4.91. The summed E-state index contributed by atoms with van der Waals surface area (Å²) in [5.41, 5.74) is 1.98. The number of ether oxygens (including phenoxy) is 1. The Morgan fingerprint density at radius 1 is 1.05 bits per heavy atom. The lowest BCUT2D eigenvalue weighted by molar-refractivity contribution is 0.0393. The summed E-state index contributed by atoms with van der Waals surface area (Å²) in [6.45, 7) is 6.06. The van der Waals surface area contributed by atoms with Crippen LogP contribution in [0.2, 0.25) is 0 Å². The number of nitrogens with zero attached hydrogens (tertiary/aromatic N) is 4. The fourth-order valence-electron chi connectivity index (χ4n) is 4.99. The molecule has 1 aliphatic heterocycles. The molecular weight excluding hydrogens is 532 g/mol. The van der Waals surface area contributed by atoms with E-state index in [0.717, 1.165) is 10.2 Å². The van der Waals surface area contributed by atoms with Gasteiger partial charge in [-0.3, -0.25) is 19.1 Å². The maximum absolute atomic E-state index is 13.7. The van der Waals surface area contributed by atoms with Gasteiger partial charge in [0.05, 0.1) is 29.7 Å². The minimum absolute atomic E-state index is 0.00527. The van der Waals surface area contributed by atoms with Gasteiger partial charge < -0.3 is 9.64 Å². The molecule has 1 saturated heterocycles. The molecule has 0 N–H and O–H groups in total. The van der Waals surface area contributed by atoms with Crippen LogP contribution < -0.4 is 10.3 Å². The minimum Gasteiger partial charge on any atom is -0.497 e. The van der Waals surface area contributed by atoms with E-state index in [1.807, 2.05) is 71.6 Å². The van der Waals surface area contributed by atoms with E-state index < -0.39 is 0 Å². The third-order valence-corrected chi connectivity index (χ3v) is 7.57. The van der Waals surface area contributed by atoms with Crippen molar-refractivity contribution in [1.29, 1.82) is 0 Å². The minimum atomic E-state index is -0.141. The summed E-state index contributed by atoms with van der Waals surface area (Å²) >= 11 is 3.48. The Morgan fingerprint density at radius 3 is 2.54 bits per heavy atom. The van der Waals surface area contributed by atoms with Gasteiger partial charge in [-0.15, -0.1) is 0 Å². The van der Waals surface area contributed by atoms with Gasteiger partial charge in [0, 0.05) is 35.7 Å². The smallest absolute Gasteiger partial charge is 0.266 e. The molecule has 0 aliphatic carbocycles. The number of carbonyl (C=O) groups excluding carboxylic acids is 1. The second-order valence-corrected chi connectivity index (χ2v) is 10.3. The van der Waals surface area contributed by atoms with E-state index in [4.69, 9.17) is 9.72 Å². The van der Waals surface area contributed by atoms with Crippen molar-refractivity contribution in [3.8, 4) is 11.4 Å². The summed E-state index contributed by atoms with van der Waals surface area (Å²) in [6.07, 6.45) is 0. The summed E-state index contributed by atoms with van der Waals surface area (Å²) in [6, 6.07) is 22.3. The Bertz CT molecular complexity index is 1500. The highest BCUT2D eigenvalue weighted by Crippen LogP contribution is 2.27. The molecule has 0 radical (unpaired) electrons. The Labute approximate surface area is 224 Å². The summed E-state index contributed by atoms with van der Waals surface area (Å²) in [4.78, 5) is 36.1. The van der Waals surface area contributed by atoms with Gasteiger partial charge in [-0.25, -0.2) is 4.98 Å². The predicted octanol–water partition coefficient (Wildman–Crippen LogP) is 5.06. The van der Waals surface area contributed by atoms with Gasteiger partial charge in [-0.2, -0.15) is 0 Å². The molecule has 1 aromatic heterocycles. The lowest BCUT2D eigenvalue weighted by Gasteiger charge is -2.42. The quantitative estimate of drug-likeness (QED) is 0.341. The lowest BCUT2D eigenvalue weighted by Crippen LogP contribution is -2.54. The first-order chi connectivity index (χ1) is 17.9. The van der Waals surface area contributed by atoms with E-state index >= 15 is 0 Å². The fourth-order valence-corrected chi connectivity index (χ4v) is 5.26. The van der Waals surface area contributed by atoms with Gasteiger partial charge in [0.1, 0.15) is 11.6 Å². The number of methoxy groups -OCH3 is 1. The molecule has 7 nitrogen and oxygen atoms in total. The van der Waals surface area contributed by atoms with Crippen LogP contribution in [0.4, 0.5) is 0 Å². The van der Waals surface area contributed by atoms with E-state index in [1.54, 1.807) is 17.7 Å². The molecule has 8 heteroatoms. The molecule has 190 valence electrons. The second-order valence-electron chi connectivity index (χ2n) is 9.35. The van der Waals surface area contributed by atoms with Crippen molar-refractivity contribution in [3.05, 3.63) is 99.0 Å². The van der Waals surface area contributed by atoms with E-state index in [-0.39, 0.29) is 23.6 Å². The van der Waals surface area contributed by atoms with Crippen LogP contribution in [-0.4, -0.2) is 58.0 Å². The molecule has 2 unspecified atom stereocenters. The second kappa shape index (κ2) is 10.5. The summed E-state index contributed by atoms with van der Waals surface area (Å²) in [5, 5.41) is 0.587. The van der Waals surface area contributed by atoms with Gasteiger partial charge in [0.15, 0.2) is 0 Å². The SMILES string of the molecule is COc1cccc(C(=O)N2CCN(C(C)c3nc4ccccc4c(=O)n3-c3ccc(Br)cc3)CC2C)c1. The van der Waals surface area contributed by atoms with E-state index in [0.29, 0.717) is 47.7 Å². The Morgan fingerprint density at radius 2 is 1.81 bits per heavy atom. The topological polar surface area (TPSA) is 67.7 Å². The first kappa shape index (κ1) is 25.2. The zero-order valence-corrected chi connectivity index (χ0v) is 22.7. The zero-order valence-electron chi connectivity index (χ0n) is 21.1. The van der Waals surface area contributed by atoms with Crippen LogP contribution in [0.1, 0.15) is 36.1 Å². The Hall–Kier alpha value is -3.49. The molecule has 1 fully saturated rings. The number of aromatic nitrogens is 2. The molecule has 2 heterocycles. The van der Waals surface area contributed by atoms with E-state index in [9.17, 15) is 9.59 Å². The highest BCUT2D eigenvalue weighted by molar-refractivity contribution is 9.10. The molecule has 0 bridgehead atoms. The predicted molar refractivity (Wildman–Crippen MR) is 149 cm³/mol. The van der Waals surface area contributed by atoms with Crippen LogP contribution in [0, 0.1) is 0 Å². The molecule has 37 heavy (non-hydrogen) atoms. The van der Waals surface area contributed by atoms with Gasteiger partial charge in [0.2, 0.25) is 0 Å². The molecule has 1 amide bonds. The van der Waals surface area contributed by atoms with Gasteiger partial charge >= 0.3 is 0 Å². The highest BCUT2D eigenvalue weighted by atomic mass is 79.9. The number of piperazine rings is 1. The van der Waals surface area contributed by atoms with Crippen molar-refractivity contribution in [3.63, 3.8) is 0 Å². The number of hydrogen-bond donors (Lipinski definition) is 0. The summed E-state index contributed by atoms with van der Waals surface area (Å²) in [7, 11) is 1.60. The normalized spacial score (nSPS) is 17.1. The standard InChI is InChI=1S/C29H29BrN4O3/c1-19-18-32(15-16-33(19)28(35)21-7-6-8-24(17-21)37-3)20(2)27-31-26-10-5-4-9-25(26)29(36)34(27)23-13-11-22(30)12-14-23/h4-14,17,19-20H,15-16,18H2,1-3H3. The number of halogens is 1. The fraction of sp³-hybridized carbons (Fsp3) is 0.276. The van der Waals surface area contributed by atoms with Crippen molar-refractivity contribution in [2.75, 3.05) is 26.7 Å². The largest absolute Gasteiger partial charge is 0.497 e. The Kier molecular flexibility index (Phi) is 7.13. The van der Waals surface area contributed by atoms with Gasteiger partial charge in [-0.1, -0.05) is 34.1 Å². The van der Waals surface area contributed by atoms with Crippen molar-refractivity contribution >= 4 is 32.7 Å². The average Bonchev–Trinajstić information content (AvgIpc) is 2.93. The molecule has 0 spiro atoms. The molecule has 3 aromatic carbocycles. The van der Waals surface area contributed by atoms with E-state index in [1.165, 1.54) is 0 Å². The molecular formula is C29H29BrN4O3. The van der Waals surface area contributed by atoms with Crippen LogP contribution in [0.5, 0.6) is 5.75 Å². The van der Waals surface area contributed by atoms with Gasteiger partial charge in [0.25, 0.3) is 11.5 Å². The maximum Gasteiger partial charge on any atom is 0.266 e. The summed E-state index contributed by atoms with van der Waals surface area (Å²) in [5.74, 6) is 1.35. The molecule has 2 atom stereocenters. The average molecular weight is 561 g/mol. The lowest BCUT2D eigenvalue weighted by atomic mass is 10.1. The van der Waals surface area contributed by atoms with Crippen molar-refractivity contribution < 1.29 is 9.53 Å². The Balaban J connectivity index is 1.46. The third-order valence-electron chi connectivity index (χ3n) is 7.04. The molecule has 1 aliphatic rings. The van der Waals surface area contributed by atoms with Gasteiger partial charge in [-0.05, 0) is 68.4 Å². The number of carbonyl (C=O) groups is 1. The number of rotatable bonds is 5. The monoisotopic (exact) mass is 560 g/mol. The van der Waals surface area contributed by atoms with Crippen LogP contribution in [0.15, 0.2) is 82.1 Å².